The summed E-state index contributed by atoms with van der Waals surface area (Å²) in [4.78, 5) is 0. The average Bonchev–Trinajstić information content (AvgIpc) is 2.28. The number of nitrogens with one attached hydrogen (secondary N) is 2. The van der Waals surface area contributed by atoms with Gasteiger partial charge in [-0.3, -0.25) is 0 Å². The Morgan fingerprint density at radius 1 is 1.17 bits per heavy atom. The van der Waals surface area contributed by atoms with E-state index in [0.717, 1.165) is 19.6 Å². The van der Waals surface area contributed by atoms with Gasteiger partial charge in [0.1, 0.15) is 0 Å². The zero-order chi connectivity index (χ0) is 13.4. The molecule has 0 aliphatic carbocycles. The third-order valence-corrected chi connectivity index (χ3v) is 3.99. The number of hydrogen-bond acceptors (Lipinski definition) is 2. The predicted octanol–water partition coefficient (Wildman–Crippen LogP) is 2.70. The topological polar surface area (TPSA) is 24.1 Å². The van der Waals surface area contributed by atoms with Crippen LogP contribution in [0, 0.1) is 6.92 Å². The van der Waals surface area contributed by atoms with Crippen molar-refractivity contribution in [2.45, 2.75) is 45.6 Å². The molecule has 1 aliphatic heterocycles. The maximum atomic E-state index is 3.67. The van der Waals surface area contributed by atoms with Crippen LogP contribution in [0.15, 0.2) is 18.2 Å². The normalized spacial score (nSPS) is 25.2. The maximum Gasteiger partial charge on any atom is 0.0535 e. The van der Waals surface area contributed by atoms with Gasteiger partial charge in [0.25, 0.3) is 0 Å². The first kappa shape index (κ1) is 13.6. The molecule has 100 valence electrons. The Morgan fingerprint density at radius 3 is 2.44 bits per heavy atom. The van der Waals surface area contributed by atoms with Gasteiger partial charge in [-0.05, 0) is 36.0 Å². The van der Waals surface area contributed by atoms with Crippen molar-refractivity contribution in [1.29, 1.82) is 0 Å². The van der Waals surface area contributed by atoms with Crippen molar-refractivity contribution >= 4 is 0 Å². The van der Waals surface area contributed by atoms with Crippen LogP contribution in [0.5, 0.6) is 0 Å². The van der Waals surface area contributed by atoms with Crippen molar-refractivity contribution in [3.8, 4) is 0 Å². The second kappa shape index (κ2) is 4.67. The molecule has 1 saturated heterocycles. The summed E-state index contributed by atoms with van der Waals surface area (Å²) in [6, 6.07) is 6.91. The second-order valence-electron chi connectivity index (χ2n) is 6.72. The Hall–Kier alpha value is -0.860. The molecule has 0 bridgehead atoms. The van der Waals surface area contributed by atoms with Crippen LogP contribution < -0.4 is 10.6 Å². The van der Waals surface area contributed by atoms with Gasteiger partial charge < -0.3 is 10.6 Å². The van der Waals surface area contributed by atoms with Crippen LogP contribution in [0.3, 0.4) is 0 Å². The highest BCUT2D eigenvalue weighted by Crippen LogP contribution is 2.30. The van der Waals surface area contributed by atoms with Gasteiger partial charge in [-0.25, -0.2) is 0 Å². The zero-order valence-electron chi connectivity index (χ0n) is 12.4. The Morgan fingerprint density at radius 2 is 1.89 bits per heavy atom. The van der Waals surface area contributed by atoms with E-state index in [2.05, 4.69) is 63.5 Å². The van der Waals surface area contributed by atoms with E-state index in [1.165, 1.54) is 16.7 Å². The predicted molar refractivity (Wildman–Crippen MR) is 78.1 cm³/mol. The molecule has 18 heavy (non-hydrogen) atoms. The lowest BCUT2D eigenvalue weighted by Gasteiger charge is -2.38. The third-order valence-electron chi connectivity index (χ3n) is 3.99. The third kappa shape index (κ3) is 2.60. The lowest BCUT2D eigenvalue weighted by Crippen LogP contribution is -2.55. The van der Waals surface area contributed by atoms with Crippen molar-refractivity contribution in [2.75, 3.05) is 19.6 Å². The minimum Gasteiger partial charge on any atom is -0.313 e. The fourth-order valence-corrected chi connectivity index (χ4v) is 2.70. The van der Waals surface area contributed by atoms with Gasteiger partial charge in [0.05, 0.1) is 5.54 Å². The number of hydrogen-bond donors (Lipinski definition) is 2. The molecule has 1 aromatic rings. The second-order valence-corrected chi connectivity index (χ2v) is 6.72. The van der Waals surface area contributed by atoms with Gasteiger partial charge in [-0.2, -0.15) is 0 Å². The van der Waals surface area contributed by atoms with Crippen molar-refractivity contribution in [2.24, 2.45) is 0 Å². The van der Waals surface area contributed by atoms with Crippen LogP contribution >= 0.6 is 0 Å². The van der Waals surface area contributed by atoms with E-state index in [1.807, 2.05) is 0 Å². The fourth-order valence-electron chi connectivity index (χ4n) is 2.70. The smallest absolute Gasteiger partial charge is 0.0535 e. The van der Waals surface area contributed by atoms with Gasteiger partial charge in [0.2, 0.25) is 0 Å². The molecule has 0 spiro atoms. The molecule has 2 rings (SSSR count). The van der Waals surface area contributed by atoms with Crippen LogP contribution in [0.2, 0.25) is 0 Å². The molecule has 0 amide bonds. The molecule has 1 aromatic carbocycles. The van der Waals surface area contributed by atoms with E-state index in [-0.39, 0.29) is 11.0 Å². The first-order chi connectivity index (χ1) is 8.33. The molecule has 1 aliphatic rings. The summed E-state index contributed by atoms with van der Waals surface area (Å²) in [5.74, 6) is 0. The maximum absolute atomic E-state index is 3.67. The molecule has 1 unspecified atom stereocenters. The fraction of sp³-hybridized carbons (Fsp3) is 0.625. The van der Waals surface area contributed by atoms with Crippen molar-refractivity contribution < 1.29 is 0 Å². The van der Waals surface area contributed by atoms with E-state index in [1.54, 1.807) is 0 Å². The molecular weight excluding hydrogens is 220 g/mol. The van der Waals surface area contributed by atoms with E-state index < -0.39 is 0 Å². The minimum atomic E-state index is 0.0591. The highest BCUT2D eigenvalue weighted by atomic mass is 15.1. The van der Waals surface area contributed by atoms with Crippen LogP contribution in [-0.2, 0) is 11.0 Å². The van der Waals surface area contributed by atoms with Gasteiger partial charge in [0, 0.05) is 19.6 Å². The number of aryl methyl sites for hydroxylation is 1. The highest BCUT2D eigenvalue weighted by Gasteiger charge is 2.30. The Balaban J connectivity index is 2.43. The number of piperazine rings is 1. The molecule has 1 atom stereocenters. The van der Waals surface area contributed by atoms with Crippen LogP contribution in [-0.4, -0.2) is 19.6 Å². The SMILES string of the molecule is Cc1ccc(C(C)(C)C)cc1C1(C)CNCCN1. The molecule has 0 saturated carbocycles. The molecular formula is C16H26N2. The summed E-state index contributed by atoms with van der Waals surface area (Å²) < 4.78 is 0. The van der Waals surface area contributed by atoms with E-state index in [4.69, 9.17) is 0 Å². The van der Waals surface area contributed by atoms with Gasteiger partial charge in [0.15, 0.2) is 0 Å². The molecule has 2 nitrogen and oxygen atoms in total. The van der Waals surface area contributed by atoms with E-state index in [9.17, 15) is 0 Å². The monoisotopic (exact) mass is 246 g/mol. The lowest BCUT2D eigenvalue weighted by molar-refractivity contribution is 0.301. The first-order valence-electron chi connectivity index (χ1n) is 6.90. The van der Waals surface area contributed by atoms with Gasteiger partial charge >= 0.3 is 0 Å². The first-order valence-corrected chi connectivity index (χ1v) is 6.90. The average molecular weight is 246 g/mol. The van der Waals surface area contributed by atoms with Crippen LogP contribution in [0.25, 0.3) is 0 Å². The van der Waals surface area contributed by atoms with E-state index in [0.29, 0.717) is 0 Å². The quantitative estimate of drug-likeness (QED) is 0.796. The summed E-state index contributed by atoms with van der Waals surface area (Å²) in [6.45, 7) is 14.4. The number of benzene rings is 1. The summed E-state index contributed by atoms with van der Waals surface area (Å²) in [7, 11) is 0. The summed E-state index contributed by atoms with van der Waals surface area (Å²) >= 11 is 0. The molecule has 0 radical (unpaired) electrons. The molecule has 2 N–H and O–H groups in total. The van der Waals surface area contributed by atoms with E-state index >= 15 is 0 Å². The summed E-state index contributed by atoms with van der Waals surface area (Å²) in [5.41, 5.74) is 4.49. The summed E-state index contributed by atoms with van der Waals surface area (Å²) in [6.07, 6.45) is 0. The standard InChI is InChI=1S/C16H26N2/c1-12-6-7-13(15(2,3)4)10-14(12)16(5)11-17-8-9-18-16/h6-7,10,17-18H,8-9,11H2,1-5H3. The van der Waals surface area contributed by atoms with Gasteiger partial charge in [-0.15, -0.1) is 0 Å². The lowest BCUT2D eigenvalue weighted by atomic mass is 9.80. The van der Waals surface area contributed by atoms with Crippen LogP contribution in [0.4, 0.5) is 0 Å². The summed E-state index contributed by atoms with van der Waals surface area (Å²) in [5, 5.41) is 7.17. The van der Waals surface area contributed by atoms with Crippen molar-refractivity contribution in [3.05, 3.63) is 34.9 Å². The minimum absolute atomic E-state index is 0.0591. The Labute approximate surface area is 111 Å². The molecule has 1 fully saturated rings. The van der Waals surface area contributed by atoms with Crippen molar-refractivity contribution in [1.82, 2.24) is 10.6 Å². The largest absolute Gasteiger partial charge is 0.313 e. The zero-order valence-corrected chi connectivity index (χ0v) is 12.4. The Bertz CT molecular complexity index is 423. The molecule has 2 heteroatoms. The highest BCUT2D eigenvalue weighted by molar-refractivity contribution is 5.39. The molecule has 1 heterocycles. The van der Waals surface area contributed by atoms with Crippen LogP contribution in [0.1, 0.15) is 44.4 Å². The molecule has 0 aromatic heterocycles. The van der Waals surface area contributed by atoms with Crippen molar-refractivity contribution in [3.63, 3.8) is 0 Å². The Kier molecular flexibility index (Phi) is 3.52. The van der Waals surface area contributed by atoms with Gasteiger partial charge in [-0.1, -0.05) is 39.0 Å². The number of rotatable bonds is 1.